The fraction of sp³-hybridized carbons (Fsp3) is 0.154. The van der Waals surface area contributed by atoms with Crippen molar-refractivity contribution in [1.29, 1.82) is 0 Å². The van der Waals surface area contributed by atoms with Gasteiger partial charge < -0.3 is 14.8 Å². The van der Waals surface area contributed by atoms with Crippen molar-refractivity contribution >= 4 is 29.2 Å². The van der Waals surface area contributed by atoms with Crippen LogP contribution in [0.25, 0.3) is 0 Å². The molecule has 2 N–H and O–H groups in total. The van der Waals surface area contributed by atoms with Gasteiger partial charge in [-0.1, -0.05) is 43.3 Å². The van der Waals surface area contributed by atoms with Crippen LogP contribution in [0.2, 0.25) is 0 Å². The number of carbonyl (C=O) groups excluding carboxylic acids is 3. The molecule has 8 nitrogen and oxygen atoms in total. The molecule has 2 amide bonds. The summed E-state index contributed by atoms with van der Waals surface area (Å²) in [6.45, 7) is 3.58. The Morgan fingerprint density at radius 2 is 1.65 bits per heavy atom. The van der Waals surface area contributed by atoms with E-state index in [1.807, 2.05) is 19.1 Å². The minimum atomic E-state index is -0.920. The number of ether oxygens (including phenoxy) is 2. The predicted octanol–water partition coefficient (Wildman–Crippen LogP) is 3.96. The zero-order chi connectivity index (χ0) is 24.5. The van der Waals surface area contributed by atoms with Gasteiger partial charge in [0.15, 0.2) is 0 Å². The van der Waals surface area contributed by atoms with E-state index in [-0.39, 0.29) is 5.75 Å². The van der Waals surface area contributed by atoms with Gasteiger partial charge in [0.2, 0.25) is 0 Å². The van der Waals surface area contributed by atoms with Crippen LogP contribution in [0.4, 0.5) is 5.69 Å². The quantitative estimate of drug-likeness (QED) is 0.183. The first-order chi connectivity index (χ1) is 16.4. The van der Waals surface area contributed by atoms with Crippen LogP contribution in [-0.2, 0) is 16.0 Å². The average Bonchev–Trinajstić information content (AvgIpc) is 2.87. The summed E-state index contributed by atoms with van der Waals surface area (Å²) in [5.41, 5.74) is 4.88. The molecule has 0 saturated carbocycles. The minimum Gasteiger partial charge on any atom is -0.497 e. The molecule has 0 heterocycles. The number of aryl methyl sites for hydroxylation is 1. The topological polar surface area (TPSA) is 106 Å². The van der Waals surface area contributed by atoms with Crippen molar-refractivity contribution in [2.75, 3.05) is 12.4 Å². The smallest absolute Gasteiger partial charge is 0.343 e. The summed E-state index contributed by atoms with van der Waals surface area (Å²) in [7, 11) is 1.51. The maximum absolute atomic E-state index is 12.6. The van der Waals surface area contributed by atoms with Gasteiger partial charge in [-0.15, -0.1) is 0 Å². The second-order valence-electron chi connectivity index (χ2n) is 7.22. The van der Waals surface area contributed by atoms with Crippen molar-refractivity contribution in [3.05, 3.63) is 89.5 Å². The van der Waals surface area contributed by atoms with Crippen molar-refractivity contribution in [3.63, 3.8) is 0 Å². The SMILES string of the molecule is CCc1ccccc1NC(=O)C(=O)NN=C(C)c1ccccc1OC(=O)c1cccc(OC)c1. The average molecular weight is 460 g/mol. The molecule has 0 aromatic heterocycles. The number of anilines is 1. The third kappa shape index (κ3) is 6.07. The highest BCUT2D eigenvalue weighted by molar-refractivity contribution is 6.39. The van der Waals surface area contributed by atoms with E-state index in [0.717, 1.165) is 5.56 Å². The monoisotopic (exact) mass is 459 g/mol. The molecule has 0 aliphatic rings. The molecular formula is C26H25N3O5. The molecule has 0 fully saturated rings. The van der Waals surface area contributed by atoms with Gasteiger partial charge in [0, 0.05) is 11.3 Å². The molecule has 0 saturated heterocycles. The maximum atomic E-state index is 12.6. The second kappa shape index (κ2) is 11.4. The Bertz CT molecular complexity index is 1240. The van der Waals surface area contributed by atoms with Crippen molar-refractivity contribution in [3.8, 4) is 11.5 Å². The third-order valence-corrected chi connectivity index (χ3v) is 4.96. The lowest BCUT2D eigenvalue weighted by Gasteiger charge is -2.11. The number of hydrogen-bond acceptors (Lipinski definition) is 6. The van der Waals surface area contributed by atoms with E-state index in [1.54, 1.807) is 67.6 Å². The summed E-state index contributed by atoms with van der Waals surface area (Å²) in [5.74, 6) is -1.54. The Kier molecular flexibility index (Phi) is 8.12. The summed E-state index contributed by atoms with van der Waals surface area (Å²) in [4.78, 5) is 37.1. The number of benzene rings is 3. The summed E-state index contributed by atoms with van der Waals surface area (Å²) in [5, 5.41) is 6.60. The number of carbonyl (C=O) groups is 3. The minimum absolute atomic E-state index is 0.257. The lowest BCUT2D eigenvalue weighted by Crippen LogP contribution is -2.33. The van der Waals surface area contributed by atoms with Crippen LogP contribution < -0.4 is 20.2 Å². The summed E-state index contributed by atoms with van der Waals surface area (Å²) >= 11 is 0. The van der Waals surface area contributed by atoms with E-state index in [2.05, 4.69) is 15.8 Å². The molecule has 8 heteroatoms. The molecule has 0 aliphatic heterocycles. The van der Waals surface area contributed by atoms with Gasteiger partial charge >= 0.3 is 17.8 Å². The highest BCUT2D eigenvalue weighted by atomic mass is 16.5. The molecule has 3 rings (SSSR count). The van der Waals surface area contributed by atoms with Crippen LogP contribution in [0.15, 0.2) is 77.9 Å². The third-order valence-electron chi connectivity index (χ3n) is 4.96. The number of methoxy groups -OCH3 is 1. The molecule has 3 aromatic carbocycles. The molecule has 0 atom stereocenters. The lowest BCUT2D eigenvalue weighted by atomic mass is 10.1. The predicted molar refractivity (Wildman–Crippen MR) is 129 cm³/mol. The summed E-state index contributed by atoms with van der Waals surface area (Å²) in [6, 6.07) is 20.6. The number of hydrazone groups is 1. The van der Waals surface area contributed by atoms with Gasteiger partial charge in [-0.3, -0.25) is 9.59 Å². The molecule has 0 radical (unpaired) electrons. The Labute approximate surface area is 197 Å². The number of para-hydroxylation sites is 2. The van der Waals surface area contributed by atoms with Crippen LogP contribution in [0.3, 0.4) is 0 Å². The highest BCUT2D eigenvalue weighted by Crippen LogP contribution is 2.21. The number of amides is 2. The van der Waals surface area contributed by atoms with Gasteiger partial charge in [0.25, 0.3) is 0 Å². The van der Waals surface area contributed by atoms with Crippen molar-refractivity contribution in [1.82, 2.24) is 5.43 Å². The largest absolute Gasteiger partial charge is 0.497 e. The lowest BCUT2D eigenvalue weighted by molar-refractivity contribution is -0.136. The van der Waals surface area contributed by atoms with Crippen LogP contribution >= 0.6 is 0 Å². The molecule has 174 valence electrons. The number of nitrogens with one attached hydrogen (secondary N) is 2. The first-order valence-electron chi connectivity index (χ1n) is 10.6. The highest BCUT2D eigenvalue weighted by Gasteiger charge is 2.17. The standard InChI is InChI=1S/C26H25N3O5/c1-4-18-10-5-7-14-22(18)27-24(30)25(31)29-28-17(2)21-13-6-8-15-23(21)34-26(32)19-11-9-12-20(16-19)33-3/h5-16H,4H2,1-3H3,(H,27,30)(H,29,31). The Morgan fingerprint density at radius 3 is 2.41 bits per heavy atom. The van der Waals surface area contributed by atoms with Crippen molar-refractivity contribution < 1.29 is 23.9 Å². The molecule has 34 heavy (non-hydrogen) atoms. The van der Waals surface area contributed by atoms with E-state index >= 15 is 0 Å². The first-order valence-corrected chi connectivity index (χ1v) is 10.6. The molecule has 3 aromatic rings. The number of esters is 1. The first kappa shape index (κ1) is 24.2. The zero-order valence-corrected chi connectivity index (χ0v) is 19.1. The molecule has 0 aliphatic carbocycles. The van der Waals surface area contributed by atoms with Gasteiger partial charge in [-0.05, 0) is 55.3 Å². The van der Waals surface area contributed by atoms with E-state index in [4.69, 9.17) is 9.47 Å². The van der Waals surface area contributed by atoms with E-state index < -0.39 is 17.8 Å². The molecule has 0 bridgehead atoms. The van der Waals surface area contributed by atoms with Crippen LogP contribution in [-0.4, -0.2) is 30.6 Å². The van der Waals surface area contributed by atoms with Gasteiger partial charge in [-0.25, -0.2) is 10.2 Å². The number of hydrogen-bond donors (Lipinski definition) is 2. The Morgan fingerprint density at radius 1 is 0.912 bits per heavy atom. The van der Waals surface area contributed by atoms with Crippen LogP contribution in [0, 0.1) is 0 Å². The van der Waals surface area contributed by atoms with Crippen molar-refractivity contribution in [2.24, 2.45) is 5.10 Å². The van der Waals surface area contributed by atoms with Crippen molar-refractivity contribution in [2.45, 2.75) is 20.3 Å². The second-order valence-corrected chi connectivity index (χ2v) is 7.22. The van der Waals surface area contributed by atoms with E-state index in [0.29, 0.717) is 34.7 Å². The molecular weight excluding hydrogens is 434 g/mol. The Balaban J connectivity index is 1.70. The summed E-state index contributed by atoms with van der Waals surface area (Å²) < 4.78 is 10.7. The fourth-order valence-electron chi connectivity index (χ4n) is 3.14. The number of nitrogens with zero attached hydrogens (tertiary/aromatic N) is 1. The van der Waals surface area contributed by atoms with Gasteiger partial charge in [0.05, 0.1) is 18.4 Å². The van der Waals surface area contributed by atoms with Crippen LogP contribution in [0.5, 0.6) is 11.5 Å². The van der Waals surface area contributed by atoms with Crippen LogP contribution in [0.1, 0.15) is 35.3 Å². The molecule has 0 unspecified atom stereocenters. The summed E-state index contributed by atoms with van der Waals surface area (Å²) in [6.07, 6.45) is 0.709. The van der Waals surface area contributed by atoms with E-state index in [1.165, 1.54) is 7.11 Å². The normalized spacial score (nSPS) is 10.9. The Hall–Kier alpha value is -4.46. The maximum Gasteiger partial charge on any atom is 0.343 e. The van der Waals surface area contributed by atoms with Gasteiger partial charge in [0.1, 0.15) is 11.5 Å². The fourth-order valence-corrected chi connectivity index (χ4v) is 3.14. The van der Waals surface area contributed by atoms with Gasteiger partial charge in [-0.2, -0.15) is 5.10 Å². The zero-order valence-electron chi connectivity index (χ0n) is 19.1. The van der Waals surface area contributed by atoms with E-state index in [9.17, 15) is 14.4 Å². The number of rotatable bonds is 7. The molecule has 0 spiro atoms.